The molecule has 1 fully saturated rings. The number of nitrogens with zero attached hydrogens (tertiary/aromatic N) is 2. The van der Waals surface area contributed by atoms with Gasteiger partial charge in [0, 0.05) is 12.7 Å². The largest absolute Gasteiger partial charge is 0.458 e. The molecule has 0 aromatic carbocycles. The number of carbonyl (C=O) groups is 2. The molecule has 1 aliphatic heterocycles. The Bertz CT molecular complexity index is 571. The molecule has 2 amide bonds. The molecule has 1 N–H and O–H groups in total. The third-order valence-electron chi connectivity index (χ3n) is 3.21. The topological polar surface area (TPSA) is 71.5 Å². The number of pyridine rings is 1. The maximum absolute atomic E-state index is 13.5. The molecule has 7 heteroatoms. The standard InChI is InChI=1S/C15H20FN3O3/c1-15(2,3)22-13(20)12-5-4-8-19(12)14(21)18-11-6-7-17-9-10(11)16/h6-7,9,12H,4-5,8H2,1-3H3,(H,17,18,21)/t12-/m0/s1. The summed E-state index contributed by atoms with van der Waals surface area (Å²) in [6.45, 7) is 5.76. The van der Waals surface area contributed by atoms with Gasteiger partial charge in [-0.3, -0.25) is 4.98 Å². The highest BCUT2D eigenvalue weighted by molar-refractivity contribution is 5.93. The van der Waals surface area contributed by atoms with Crippen LogP contribution in [0.1, 0.15) is 33.6 Å². The number of amides is 2. The lowest BCUT2D eigenvalue weighted by Gasteiger charge is -2.27. The van der Waals surface area contributed by atoms with Gasteiger partial charge < -0.3 is 15.0 Å². The SMILES string of the molecule is CC(C)(C)OC(=O)[C@@H]1CCCN1C(=O)Nc1ccncc1F. The number of nitrogens with one attached hydrogen (secondary N) is 1. The summed E-state index contributed by atoms with van der Waals surface area (Å²) in [4.78, 5) is 29.4. The van der Waals surface area contributed by atoms with Crippen molar-refractivity contribution in [1.82, 2.24) is 9.88 Å². The summed E-state index contributed by atoms with van der Waals surface area (Å²) in [6.07, 6.45) is 3.65. The molecule has 0 radical (unpaired) electrons. The van der Waals surface area contributed by atoms with Crippen LogP contribution in [0.25, 0.3) is 0 Å². The van der Waals surface area contributed by atoms with Crippen molar-refractivity contribution < 1.29 is 18.7 Å². The number of rotatable bonds is 2. The fraction of sp³-hybridized carbons (Fsp3) is 0.533. The Morgan fingerprint density at radius 1 is 1.45 bits per heavy atom. The van der Waals surface area contributed by atoms with E-state index in [1.165, 1.54) is 17.2 Å². The fourth-order valence-corrected chi connectivity index (χ4v) is 2.29. The van der Waals surface area contributed by atoms with Crippen molar-refractivity contribution in [2.45, 2.75) is 45.3 Å². The van der Waals surface area contributed by atoms with Crippen LogP contribution in [0.2, 0.25) is 0 Å². The first kappa shape index (κ1) is 16.2. The molecular formula is C15H20FN3O3. The molecule has 0 spiro atoms. The van der Waals surface area contributed by atoms with Crippen molar-refractivity contribution in [3.8, 4) is 0 Å². The summed E-state index contributed by atoms with van der Waals surface area (Å²) in [6, 6.07) is 0.216. The van der Waals surface area contributed by atoms with Gasteiger partial charge in [-0.1, -0.05) is 0 Å². The molecule has 0 saturated carbocycles. The highest BCUT2D eigenvalue weighted by atomic mass is 19.1. The van der Waals surface area contributed by atoms with Crippen LogP contribution >= 0.6 is 0 Å². The number of aromatic nitrogens is 1. The summed E-state index contributed by atoms with van der Waals surface area (Å²) in [7, 11) is 0. The molecule has 0 aliphatic carbocycles. The molecule has 6 nitrogen and oxygen atoms in total. The van der Waals surface area contributed by atoms with Crippen LogP contribution in [-0.4, -0.2) is 40.1 Å². The van der Waals surface area contributed by atoms with E-state index in [1.807, 2.05) is 0 Å². The number of esters is 1. The van der Waals surface area contributed by atoms with Crippen molar-refractivity contribution in [2.24, 2.45) is 0 Å². The Labute approximate surface area is 128 Å². The molecule has 22 heavy (non-hydrogen) atoms. The van der Waals surface area contributed by atoms with Crippen molar-refractivity contribution in [3.05, 3.63) is 24.3 Å². The summed E-state index contributed by atoms with van der Waals surface area (Å²) in [5, 5.41) is 2.46. The lowest BCUT2D eigenvalue weighted by Crippen LogP contribution is -2.45. The maximum atomic E-state index is 13.5. The average Bonchev–Trinajstić information content (AvgIpc) is 2.89. The second kappa shape index (κ2) is 6.29. The van der Waals surface area contributed by atoms with E-state index in [-0.39, 0.29) is 5.69 Å². The number of urea groups is 1. The number of carbonyl (C=O) groups excluding carboxylic acids is 2. The Morgan fingerprint density at radius 3 is 2.82 bits per heavy atom. The number of anilines is 1. The van der Waals surface area contributed by atoms with Crippen molar-refractivity contribution in [3.63, 3.8) is 0 Å². The fourth-order valence-electron chi connectivity index (χ4n) is 2.29. The van der Waals surface area contributed by atoms with Gasteiger partial charge in [0.05, 0.1) is 11.9 Å². The first-order valence-corrected chi connectivity index (χ1v) is 7.18. The van der Waals surface area contributed by atoms with Crippen LogP contribution < -0.4 is 5.32 Å². The van der Waals surface area contributed by atoms with Crippen LogP contribution in [0.15, 0.2) is 18.5 Å². The minimum Gasteiger partial charge on any atom is -0.458 e. The van der Waals surface area contributed by atoms with Gasteiger partial charge >= 0.3 is 12.0 Å². The maximum Gasteiger partial charge on any atom is 0.329 e. The van der Waals surface area contributed by atoms with Gasteiger partial charge in [-0.15, -0.1) is 0 Å². The molecular weight excluding hydrogens is 289 g/mol. The van der Waals surface area contributed by atoms with E-state index in [9.17, 15) is 14.0 Å². The van der Waals surface area contributed by atoms with Crippen LogP contribution in [0.4, 0.5) is 14.9 Å². The molecule has 1 atom stereocenters. The minimum absolute atomic E-state index is 0.0369. The summed E-state index contributed by atoms with van der Waals surface area (Å²) in [5.74, 6) is -1.06. The van der Waals surface area contributed by atoms with Gasteiger partial charge in [0.2, 0.25) is 0 Å². The predicted molar refractivity (Wildman–Crippen MR) is 78.8 cm³/mol. The zero-order valence-corrected chi connectivity index (χ0v) is 12.9. The number of ether oxygens (including phenoxy) is 1. The van der Waals surface area contributed by atoms with Crippen molar-refractivity contribution in [1.29, 1.82) is 0 Å². The van der Waals surface area contributed by atoms with E-state index in [2.05, 4.69) is 10.3 Å². The van der Waals surface area contributed by atoms with E-state index >= 15 is 0 Å². The Morgan fingerprint density at radius 2 is 2.18 bits per heavy atom. The van der Waals surface area contributed by atoms with Gasteiger partial charge in [-0.25, -0.2) is 14.0 Å². The molecule has 0 bridgehead atoms. The van der Waals surface area contributed by atoms with Gasteiger partial charge in [-0.2, -0.15) is 0 Å². The van der Waals surface area contributed by atoms with Crippen LogP contribution in [0.5, 0.6) is 0 Å². The Balaban J connectivity index is 2.05. The summed E-state index contributed by atoms with van der Waals surface area (Å²) < 4.78 is 18.9. The van der Waals surface area contributed by atoms with E-state index < -0.39 is 29.5 Å². The normalized spacial score (nSPS) is 18.2. The number of hydrogen-bond acceptors (Lipinski definition) is 4. The van der Waals surface area contributed by atoms with E-state index in [0.717, 1.165) is 6.20 Å². The first-order chi connectivity index (χ1) is 10.3. The van der Waals surface area contributed by atoms with E-state index in [4.69, 9.17) is 4.74 Å². The summed E-state index contributed by atoms with van der Waals surface area (Å²) >= 11 is 0. The van der Waals surface area contributed by atoms with Crippen molar-refractivity contribution in [2.75, 3.05) is 11.9 Å². The molecule has 1 aliphatic rings. The van der Waals surface area contributed by atoms with Crippen LogP contribution in [-0.2, 0) is 9.53 Å². The lowest BCUT2D eigenvalue weighted by atomic mass is 10.1. The highest BCUT2D eigenvalue weighted by Gasteiger charge is 2.37. The van der Waals surface area contributed by atoms with E-state index in [0.29, 0.717) is 19.4 Å². The third-order valence-corrected chi connectivity index (χ3v) is 3.21. The molecule has 1 aromatic heterocycles. The predicted octanol–water partition coefficient (Wildman–Crippen LogP) is 2.56. The molecule has 2 rings (SSSR count). The molecule has 2 heterocycles. The number of halogens is 1. The Kier molecular flexibility index (Phi) is 4.63. The first-order valence-electron chi connectivity index (χ1n) is 7.18. The zero-order valence-electron chi connectivity index (χ0n) is 12.9. The molecule has 120 valence electrons. The quantitative estimate of drug-likeness (QED) is 0.852. The molecule has 1 aromatic rings. The molecule has 1 saturated heterocycles. The highest BCUT2D eigenvalue weighted by Crippen LogP contribution is 2.22. The second-order valence-corrected chi connectivity index (χ2v) is 6.17. The monoisotopic (exact) mass is 309 g/mol. The molecule has 0 unspecified atom stereocenters. The number of hydrogen-bond donors (Lipinski definition) is 1. The van der Waals surface area contributed by atoms with Gasteiger partial charge in [-0.05, 0) is 39.7 Å². The third kappa shape index (κ3) is 3.93. The lowest BCUT2D eigenvalue weighted by molar-refractivity contribution is -0.159. The van der Waals surface area contributed by atoms with E-state index in [1.54, 1.807) is 20.8 Å². The van der Waals surface area contributed by atoms with Crippen LogP contribution in [0, 0.1) is 5.82 Å². The summed E-state index contributed by atoms with van der Waals surface area (Å²) in [5.41, 5.74) is -0.575. The Hall–Kier alpha value is -2.18. The average molecular weight is 309 g/mol. The van der Waals surface area contributed by atoms with Crippen molar-refractivity contribution >= 4 is 17.7 Å². The minimum atomic E-state index is -0.635. The second-order valence-electron chi connectivity index (χ2n) is 6.17. The van der Waals surface area contributed by atoms with Gasteiger partial charge in [0.1, 0.15) is 11.6 Å². The smallest absolute Gasteiger partial charge is 0.329 e. The van der Waals surface area contributed by atoms with Gasteiger partial charge in [0.25, 0.3) is 0 Å². The van der Waals surface area contributed by atoms with Gasteiger partial charge in [0.15, 0.2) is 5.82 Å². The number of likely N-dealkylation sites (tertiary alicyclic amines) is 1. The van der Waals surface area contributed by atoms with Crippen LogP contribution in [0.3, 0.4) is 0 Å². The zero-order chi connectivity index (χ0) is 16.3.